The highest BCUT2D eigenvalue weighted by Crippen LogP contribution is 2.32. The average Bonchev–Trinajstić information content (AvgIpc) is 3.22. The third kappa shape index (κ3) is 3.65. The van der Waals surface area contributed by atoms with Gasteiger partial charge in [-0.3, -0.25) is 9.78 Å². The Morgan fingerprint density at radius 1 is 1.23 bits per heavy atom. The summed E-state index contributed by atoms with van der Waals surface area (Å²) in [5, 5.41) is 2.02. The van der Waals surface area contributed by atoms with Crippen molar-refractivity contribution in [3.8, 4) is 11.1 Å². The number of nitrogens with zero attached hydrogens (tertiary/aromatic N) is 4. The van der Waals surface area contributed by atoms with Gasteiger partial charge in [0.05, 0.1) is 12.1 Å². The number of thiophene rings is 1. The molecule has 4 heterocycles. The van der Waals surface area contributed by atoms with Crippen molar-refractivity contribution in [2.45, 2.75) is 25.2 Å². The van der Waals surface area contributed by atoms with Crippen molar-refractivity contribution in [3.63, 3.8) is 0 Å². The van der Waals surface area contributed by atoms with Gasteiger partial charge in [0, 0.05) is 48.0 Å². The number of likely N-dealkylation sites (tertiary alicyclic amines) is 1. The normalized spacial score (nSPS) is 17.2. The van der Waals surface area contributed by atoms with Gasteiger partial charge in [-0.1, -0.05) is 6.07 Å². The Bertz CT molecular complexity index is 867. The van der Waals surface area contributed by atoms with E-state index in [1.54, 1.807) is 30.1 Å². The van der Waals surface area contributed by atoms with Crippen LogP contribution in [0.15, 0.2) is 54.6 Å². The maximum absolute atomic E-state index is 12.7. The monoisotopic (exact) mass is 364 g/mol. The van der Waals surface area contributed by atoms with E-state index in [2.05, 4.69) is 15.0 Å². The van der Waals surface area contributed by atoms with E-state index in [1.165, 1.54) is 0 Å². The van der Waals surface area contributed by atoms with Gasteiger partial charge in [-0.05, 0) is 42.0 Å². The number of carbonyl (C=O) groups excluding carboxylic acids is 1. The Hall–Kier alpha value is -2.60. The predicted molar refractivity (Wildman–Crippen MR) is 102 cm³/mol. The second-order valence-corrected chi connectivity index (χ2v) is 7.52. The summed E-state index contributed by atoms with van der Waals surface area (Å²) in [6.45, 7) is 1.55. The lowest BCUT2D eigenvalue weighted by Gasteiger charge is -2.33. The first-order chi connectivity index (χ1) is 12.8. The summed E-state index contributed by atoms with van der Waals surface area (Å²) in [7, 11) is 0. The number of hydrogen-bond donors (Lipinski definition) is 0. The Balaban J connectivity index is 1.54. The first-order valence-electron chi connectivity index (χ1n) is 8.81. The quantitative estimate of drug-likeness (QED) is 0.710. The highest BCUT2D eigenvalue weighted by atomic mass is 32.1. The number of aromatic nitrogens is 3. The van der Waals surface area contributed by atoms with E-state index in [4.69, 9.17) is 0 Å². The molecule has 1 fully saturated rings. The average molecular weight is 364 g/mol. The Labute approximate surface area is 156 Å². The first-order valence-corrected chi connectivity index (χ1v) is 9.69. The molecule has 1 amide bonds. The molecule has 1 aliphatic rings. The molecular weight excluding hydrogens is 344 g/mol. The molecule has 3 aromatic rings. The molecule has 1 atom stereocenters. The number of pyridine rings is 1. The Morgan fingerprint density at radius 3 is 2.92 bits per heavy atom. The van der Waals surface area contributed by atoms with E-state index in [0.717, 1.165) is 47.6 Å². The van der Waals surface area contributed by atoms with Gasteiger partial charge in [-0.15, -0.1) is 11.3 Å². The van der Waals surface area contributed by atoms with Crippen molar-refractivity contribution in [3.05, 3.63) is 65.1 Å². The summed E-state index contributed by atoms with van der Waals surface area (Å²) in [5.41, 5.74) is 3.13. The molecule has 4 rings (SSSR count). The zero-order valence-electron chi connectivity index (χ0n) is 14.4. The van der Waals surface area contributed by atoms with Crippen molar-refractivity contribution in [1.82, 2.24) is 19.9 Å². The third-order valence-corrected chi connectivity index (χ3v) is 5.68. The molecule has 3 aromatic heterocycles. The fourth-order valence-corrected chi connectivity index (χ4v) is 4.22. The SMILES string of the molecule is O=C(Cc1cccs1)N1CCCC(c2ncncc2-c2ccncc2)C1. The third-order valence-electron chi connectivity index (χ3n) is 4.80. The summed E-state index contributed by atoms with van der Waals surface area (Å²) in [6.07, 6.45) is 9.56. The molecule has 0 aliphatic carbocycles. The summed E-state index contributed by atoms with van der Waals surface area (Å²) < 4.78 is 0. The smallest absolute Gasteiger partial charge is 0.227 e. The van der Waals surface area contributed by atoms with E-state index in [0.29, 0.717) is 6.42 Å². The molecule has 0 N–H and O–H groups in total. The maximum atomic E-state index is 12.7. The molecule has 1 unspecified atom stereocenters. The molecular formula is C20H20N4OS. The van der Waals surface area contributed by atoms with E-state index in [-0.39, 0.29) is 11.8 Å². The number of rotatable bonds is 4. The van der Waals surface area contributed by atoms with Gasteiger partial charge in [0.1, 0.15) is 6.33 Å². The lowest BCUT2D eigenvalue weighted by atomic mass is 9.90. The van der Waals surface area contributed by atoms with E-state index in [1.807, 2.05) is 40.7 Å². The number of piperidine rings is 1. The zero-order valence-corrected chi connectivity index (χ0v) is 15.2. The van der Waals surface area contributed by atoms with Gasteiger partial charge in [0.25, 0.3) is 0 Å². The van der Waals surface area contributed by atoms with E-state index in [9.17, 15) is 4.79 Å². The van der Waals surface area contributed by atoms with Crippen molar-refractivity contribution in [2.24, 2.45) is 0 Å². The van der Waals surface area contributed by atoms with E-state index < -0.39 is 0 Å². The van der Waals surface area contributed by atoms with Crippen LogP contribution in [0, 0.1) is 0 Å². The van der Waals surface area contributed by atoms with Crippen LogP contribution in [0.1, 0.15) is 29.3 Å². The van der Waals surface area contributed by atoms with Crippen molar-refractivity contribution >= 4 is 17.2 Å². The number of hydrogen-bond acceptors (Lipinski definition) is 5. The summed E-state index contributed by atoms with van der Waals surface area (Å²) in [5.74, 6) is 0.443. The number of amides is 1. The van der Waals surface area contributed by atoms with E-state index >= 15 is 0 Å². The molecule has 5 nitrogen and oxygen atoms in total. The highest BCUT2D eigenvalue weighted by molar-refractivity contribution is 7.10. The van der Waals surface area contributed by atoms with Gasteiger partial charge in [-0.2, -0.15) is 0 Å². The molecule has 26 heavy (non-hydrogen) atoms. The van der Waals surface area contributed by atoms with Crippen molar-refractivity contribution in [1.29, 1.82) is 0 Å². The molecule has 0 aromatic carbocycles. The lowest BCUT2D eigenvalue weighted by molar-refractivity contribution is -0.131. The Kier molecular flexibility index (Phi) is 5.02. The van der Waals surface area contributed by atoms with Gasteiger partial charge >= 0.3 is 0 Å². The van der Waals surface area contributed by atoms with Crippen LogP contribution in [0.4, 0.5) is 0 Å². The van der Waals surface area contributed by atoms with Crippen LogP contribution < -0.4 is 0 Å². The molecule has 0 saturated carbocycles. The molecule has 0 bridgehead atoms. The minimum Gasteiger partial charge on any atom is -0.342 e. The van der Waals surface area contributed by atoms with Gasteiger partial charge in [0.2, 0.25) is 5.91 Å². The largest absolute Gasteiger partial charge is 0.342 e. The second-order valence-electron chi connectivity index (χ2n) is 6.49. The van der Waals surface area contributed by atoms with Crippen molar-refractivity contribution in [2.75, 3.05) is 13.1 Å². The van der Waals surface area contributed by atoms with Crippen LogP contribution in [0.25, 0.3) is 11.1 Å². The summed E-state index contributed by atoms with van der Waals surface area (Å²) in [6, 6.07) is 7.97. The molecule has 0 radical (unpaired) electrons. The standard InChI is InChI=1S/C20H20N4OS/c25-19(11-17-4-2-10-26-17)24-9-1-3-16(13-24)20-18(12-22-14-23-20)15-5-7-21-8-6-15/h2,4-8,10,12,14,16H,1,3,9,11,13H2. The first kappa shape index (κ1) is 16.8. The van der Waals surface area contributed by atoms with Crippen molar-refractivity contribution < 1.29 is 4.79 Å². The zero-order chi connectivity index (χ0) is 17.8. The topological polar surface area (TPSA) is 59.0 Å². The highest BCUT2D eigenvalue weighted by Gasteiger charge is 2.27. The molecule has 1 aliphatic heterocycles. The Morgan fingerprint density at radius 2 is 2.12 bits per heavy atom. The van der Waals surface area contributed by atoms with Crippen LogP contribution in [-0.4, -0.2) is 38.8 Å². The second kappa shape index (κ2) is 7.74. The van der Waals surface area contributed by atoms with Crippen LogP contribution >= 0.6 is 11.3 Å². The molecule has 6 heteroatoms. The van der Waals surface area contributed by atoms with Crippen LogP contribution in [0.2, 0.25) is 0 Å². The fraction of sp³-hybridized carbons (Fsp3) is 0.300. The van der Waals surface area contributed by atoms with Crippen LogP contribution in [-0.2, 0) is 11.2 Å². The maximum Gasteiger partial charge on any atom is 0.227 e. The molecule has 1 saturated heterocycles. The molecule has 0 spiro atoms. The lowest BCUT2D eigenvalue weighted by Crippen LogP contribution is -2.40. The minimum absolute atomic E-state index is 0.205. The van der Waals surface area contributed by atoms with Crippen LogP contribution in [0.5, 0.6) is 0 Å². The predicted octanol–water partition coefficient (Wildman–Crippen LogP) is 3.55. The molecule has 132 valence electrons. The van der Waals surface area contributed by atoms with Crippen LogP contribution in [0.3, 0.4) is 0 Å². The van der Waals surface area contributed by atoms with Gasteiger partial charge in [-0.25, -0.2) is 9.97 Å². The summed E-state index contributed by atoms with van der Waals surface area (Å²) >= 11 is 1.64. The minimum atomic E-state index is 0.205. The summed E-state index contributed by atoms with van der Waals surface area (Å²) in [4.78, 5) is 28.7. The van der Waals surface area contributed by atoms with Gasteiger partial charge < -0.3 is 4.90 Å². The fourth-order valence-electron chi connectivity index (χ4n) is 3.52. The van der Waals surface area contributed by atoms with Gasteiger partial charge in [0.15, 0.2) is 0 Å². The number of carbonyl (C=O) groups is 1.